The quantitative estimate of drug-likeness (QED) is 0.107. The van der Waals surface area contributed by atoms with Gasteiger partial charge in [0.25, 0.3) is 5.69 Å². The van der Waals surface area contributed by atoms with Crippen molar-refractivity contribution in [3.63, 3.8) is 0 Å². The van der Waals surface area contributed by atoms with E-state index in [1.807, 2.05) is 95.7 Å². The first-order chi connectivity index (χ1) is 18.6. The molecule has 6 rings (SSSR count). The lowest BCUT2D eigenvalue weighted by Gasteiger charge is -2.37. The second-order valence-electron chi connectivity index (χ2n) is 8.87. The number of halogens is 1. The van der Waals surface area contributed by atoms with Gasteiger partial charge in [-0.25, -0.2) is 9.67 Å². The van der Waals surface area contributed by atoms with Crippen molar-refractivity contribution in [3.8, 4) is 11.4 Å². The maximum Gasteiger partial charge on any atom is 0.270 e. The van der Waals surface area contributed by atoms with Gasteiger partial charge in [0.15, 0.2) is 0 Å². The van der Waals surface area contributed by atoms with Crippen molar-refractivity contribution < 1.29 is 9.31 Å². The fourth-order valence-corrected chi connectivity index (χ4v) is 5.11. The highest BCUT2D eigenvalue weighted by Gasteiger charge is 2.41. The van der Waals surface area contributed by atoms with Crippen molar-refractivity contribution in [3.05, 3.63) is 160 Å². The Morgan fingerprint density at radius 1 is 0.711 bits per heavy atom. The third kappa shape index (κ3) is 3.72. The molecule has 0 amide bonds. The predicted octanol–water partition coefficient (Wildman–Crippen LogP) is 6.99. The number of benzene rings is 4. The SMILES string of the molecule is O=[N+]([O-])c1ccc2c(c1)c(-c1cccc(F)n1)nn2C(c1ccccc1)(c1ccccc1)c1ccccc1. The molecular weight excluding hydrogens is 479 g/mol. The van der Waals surface area contributed by atoms with Crippen molar-refractivity contribution in [2.45, 2.75) is 5.54 Å². The molecule has 0 fully saturated rings. The maximum atomic E-state index is 14.2. The molecule has 0 saturated carbocycles. The van der Waals surface area contributed by atoms with E-state index < -0.39 is 16.4 Å². The van der Waals surface area contributed by atoms with Crippen molar-refractivity contribution >= 4 is 16.6 Å². The predicted molar refractivity (Wildman–Crippen MR) is 144 cm³/mol. The largest absolute Gasteiger partial charge is 0.270 e. The van der Waals surface area contributed by atoms with E-state index in [0.29, 0.717) is 16.6 Å². The summed E-state index contributed by atoms with van der Waals surface area (Å²) in [7, 11) is 0. The standard InChI is InChI=1S/C31H21FN4O2/c32-29-18-10-17-27(33-29)30-26-21-25(36(37)38)19-20-28(26)35(34-30)31(22-11-4-1-5-12-22,23-13-6-2-7-14-23)24-15-8-3-9-16-24/h1-21H. The molecule has 6 aromatic rings. The Balaban J connectivity index is 1.80. The van der Waals surface area contributed by atoms with Crippen molar-refractivity contribution in [2.24, 2.45) is 0 Å². The van der Waals surface area contributed by atoms with Crippen LogP contribution in [0.1, 0.15) is 16.7 Å². The average Bonchev–Trinajstić information content (AvgIpc) is 3.34. The summed E-state index contributed by atoms with van der Waals surface area (Å²) >= 11 is 0. The van der Waals surface area contributed by atoms with Crippen molar-refractivity contribution in [1.82, 2.24) is 14.8 Å². The minimum Gasteiger partial charge on any atom is -0.258 e. The van der Waals surface area contributed by atoms with E-state index in [9.17, 15) is 14.5 Å². The Hall–Kier alpha value is -5.17. The first-order valence-electron chi connectivity index (χ1n) is 12.1. The van der Waals surface area contributed by atoms with Gasteiger partial charge < -0.3 is 0 Å². The first-order valence-corrected chi connectivity index (χ1v) is 12.1. The molecular formula is C31H21FN4O2. The maximum absolute atomic E-state index is 14.2. The Morgan fingerprint density at radius 3 is 1.76 bits per heavy atom. The molecule has 0 saturated heterocycles. The zero-order chi connectivity index (χ0) is 26.1. The van der Waals surface area contributed by atoms with Gasteiger partial charge in [-0.1, -0.05) is 97.1 Å². The minimum absolute atomic E-state index is 0.0839. The lowest BCUT2D eigenvalue weighted by molar-refractivity contribution is -0.384. The zero-order valence-corrected chi connectivity index (χ0v) is 20.1. The number of pyridine rings is 1. The van der Waals surface area contributed by atoms with Crippen LogP contribution in [0.2, 0.25) is 0 Å². The van der Waals surface area contributed by atoms with Gasteiger partial charge >= 0.3 is 0 Å². The number of aromatic nitrogens is 3. The molecule has 0 spiro atoms. The van der Waals surface area contributed by atoms with Crippen LogP contribution in [0.4, 0.5) is 10.1 Å². The smallest absolute Gasteiger partial charge is 0.258 e. The number of hydrogen-bond donors (Lipinski definition) is 0. The van der Waals surface area contributed by atoms with Crippen LogP contribution in [0.25, 0.3) is 22.3 Å². The number of rotatable bonds is 6. The van der Waals surface area contributed by atoms with Crippen molar-refractivity contribution in [1.29, 1.82) is 0 Å². The second kappa shape index (κ2) is 9.37. The van der Waals surface area contributed by atoms with Gasteiger partial charge in [-0.2, -0.15) is 9.49 Å². The monoisotopic (exact) mass is 500 g/mol. The summed E-state index contributed by atoms with van der Waals surface area (Å²) in [6.07, 6.45) is 0. The summed E-state index contributed by atoms with van der Waals surface area (Å²) in [4.78, 5) is 15.3. The summed E-state index contributed by atoms with van der Waals surface area (Å²) in [5.74, 6) is -0.656. The highest BCUT2D eigenvalue weighted by atomic mass is 19.1. The molecule has 0 radical (unpaired) electrons. The van der Waals surface area contributed by atoms with Gasteiger partial charge in [0.1, 0.15) is 11.2 Å². The Bertz CT molecular complexity index is 1660. The second-order valence-corrected chi connectivity index (χ2v) is 8.87. The molecule has 38 heavy (non-hydrogen) atoms. The van der Waals surface area contributed by atoms with Crippen LogP contribution in [0.3, 0.4) is 0 Å². The van der Waals surface area contributed by atoms with Gasteiger partial charge in [0.2, 0.25) is 5.95 Å². The van der Waals surface area contributed by atoms with Gasteiger partial charge in [0.05, 0.1) is 16.1 Å². The van der Waals surface area contributed by atoms with Crippen LogP contribution in [0, 0.1) is 16.1 Å². The molecule has 0 bridgehead atoms. The summed E-state index contributed by atoms with van der Waals surface area (Å²) in [6, 6.07) is 39.1. The summed E-state index contributed by atoms with van der Waals surface area (Å²) in [5, 5.41) is 17.3. The lowest BCUT2D eigenvalue weighted by atomic mass is 9.77. The summed E-state index contributed by atoms with van der Waals surface area (Å²) in [5.41, 5.74) is 3.08. The van der Waals surface area contributed by atoms with E-state index in [-0.39, 0.29) is 11.4 Å². The number of fused-ring (bicyclic) bond motifs is 1. The molecule has 4 aromatic carbocycles. The number of non-ortho nitro benzene ring substituents is 1. The molecule has 0 aliphatic rings. The highest BCUT2D eigenvalue weighted by molar-refractivity contribution is 5.94. The number of nitro benzene ring substituents is 1. The number of nitrogens with zero attached hydrogens (tertiary/aromatic N) is 4. The van der Waals surface area contributed by atoms with Crippen LogP contribution < -0.4 is 0 Å². The van der Waals surface area contributed by atoms with E-state index >= 15 is 0 Å². The number of nitro groups is 1. The van der Waals surface area contributed by atoms with Crippen LogP contribution in [0.15, 0.2) is 127 Å². The Morgan fingerprint density at radius 2 is 1.26 bits per heavy atom. The number of hydrogen-bond acceptors (Lipinski definition) is 4. The molecule has 7 heteroatoms. The molecule has 6 nitrogen and oxygen atoms in total. The Kier molecular flexibility index (Phi) is 5.73. The summed E-state index contributed by atoms with van der Waals surface area (Å²) in [6.45, 7) is 0. The minimum atomic E-state index is -0.955. The van der Waals surface area contributed by atoms with Crippen LogP contribution in [0.5, 0.6) is 0 Å². The first kappa shape index (κ1) is 23.2. The highest BCUT2D eigenvalue weighted by Crippen LogP contribution is 2.44. The van der Waals surface area contributed by atoms with Gasteiger partial charge in [0, 0.05) is 17.5 Å². The van der Waals surface area contributed by atoms with E-state index in [1.165, 1.54) is 18.2 Å². The molecule has 0 aliphatic carbocycles. The lowest BCUT2D eigenvalue weighted by Crippen LogP contribution is -2.38. The molecule has 0 atom stereocenters. The average molecular weight is 501 g/mol. The topological polar surface area (TPSA) is 73.8 Å². The van der Waals surface area contributed by atoms with E-state index in [1.54, 1.807) is 18.2 Å². The molecule has 0 N–H and O–H groups in total. The normalized spacial score (nSPS) is 11.5. The fourth-order valence-electron chi connectivity index (χ4n) is 5.11. The fraction of sp³-hybridized carbons (Fsp3) is 0.0323. The molecule has 184 valence electrons. The van der Waals surface area contributed by atoms with E-state index in [2.05, 4.69) is 4.98 Å². The molecule has 0 unspecified atom stereocenters. The third-order valence-corrected chi connectivity index (χ3v) is 6.72. The van der Waals surface area contributed by atoms with Crippen LogP contribution in [-0.2, 0) is 5.54 Å². The molecule has 2 aromatic heterocycles. The third-order valence-electron chi connectivity index (χ3n) is 6.72. The van der Waals surface area contributed by atoms with Crippen LogP contribution >= 0.6 is 0 Å². The van der Waals surface area contributed by atoms with E-state index in [4.69, 9.17) is 5.10 Å². The van der Waals surface area contributed by atoms with Gasteiger partial charge in [-0.3, -0.25) is 10.1 Å². The van der Waals surface area contributed by atoms with Crippen molar-refractivity contribution in [2.75, 3.05) is 0 Å². The Labute approximate surface area is 217 Å². The zero-order valence-electron chi connectivity index (χ0n) is 20.1. The van der Waals surface area contributed by atoms with Crippen LogP contribution in [-0.4, -0.2) is 19.7 Å². The van der Waals surface area contributed by atoms with Gasteiger partial charge in [-0.05, 0) is 34.9 Å². The molecule has 2 heterocycles. The molecule has 0 aliphatic heterocycles. The summed E-state index contributed by atoms with van der Waals surface area (Å²) < 4.78 is 16.1. The van der Waals surface area contributed by atoms with Gasteiger partial charge in [-0.15, -0.1) is 0 Å². The van der Waals surface area contributed by atoms with E-state index in [0.717, 1.165) is 16.7 Å².